The van der Waals surface area contributed by atoms with Gasteiger partial charge in [0.2, 0.25) is 0 Å². The van der Waals surface area contributed by atoms with Crippen LogP contribution in [0, 0.1) is 0 Å². The van der Waals surface area contributed by atoms with Crippen molar-refractivity contribution in [1.29, 1.82) is 0 Å². The maximum Gasteiger partial charge on any atom is 0.0625 e. The van der Waals surface area contributed by atoms with Gasteiger partial charge in [-0.3, -0.25) is 0 Å². The van der Waals surface area contributed by atoms with Gasteiger partial charge in [-0.2, -0.15) is 0 Å². The van der Waals surface area contributed by atoms with Crippen LogP contribution in [0.3, 0.4) is 0 Å². The van der Waals surface area contributed by atoms with E-state index in [4.69, 9.17) is 0 Å². The highest BCUT2D eigenvalue weighted by molar-refractivity contribution is 6.22. The van der Waals surface area contributed by atoms with Gasteiger partial charge in [0.25, 0.3) is 0 Å². The maximum absolute atomic E-state index is 2.49. The van der Waals surface area contributed by atoms with E-state index in [1.807, 2.05) is 0 Å². The van der Waals surface area contributed by atoms with Crippen LogP contribution in [0.1, 0.15) is 0 Å². The number of hydrogen-bond donors (Lipinski definition) is 0. The monoisotopic (exact) mass is 660 g/mol. The summed E-state index contributed by atoms with van der Waals surface area (Å²) in [4.78, 5) is 0. The van der Waals surface area contributed by atoms with Crippen molar-refractivity contribution in [2.75, 3.05) is 0 Å². The Kier molecular flexibility index (Phi) is 6.28. The van der Waals surface area contributed by atoms with Gasteiger partial charge in [-0.1, -0.05) is 140 Å². The molecule has 0 aliphatic carbocycles. The number of rotatable bonds is 4. The van der Waals surface area contributed by atoms with Crippen LogP contribution in [0.5, 0.6) is 0 Å². The Morgan fingerprint density at radius 1 is 0.269 bits per heavy atom. The van der Waals surface area contributed by atoms with Crippen molar-refractivity contribution in [3.8, 4) is 33.6 Å². The maximum atomic E-state index is 2.49. The third-order valence-electron chi connectivity index (χ3n) is 10.8. The summed E-state index contributed by atoms with van der Waals surface area (Å²) in [6, 6.07) is 71.1. The number of nitrogens with zero attached hydrogens (tertiary/aromatic N) is 2. The third-order valence-corrected chi connectivity index (χ3v) is 10.8. The van der Waals surface area contributed by atoms with Gasteiger partial charge in [-0.15, -0.1) is 0 Å². The van der Waals surface area contributed by atoms with E-state index in [1.54, 1.807) is 0 Å². The first-order valence-electron chi connectivity index (χ1n) is 17.9. The average molecular weight is 661 g/mol. The molecule has 0 N–H and O–H groups in total. The summed E-state index contributed by atoms with van der Waals surface area (Å²) < 4.78 is 4.91. The minimum absolute atomic E-state index is 1.15. The molecule has 242 valence electrons. The van der Waals surface area contributed by atoms with Crippen molar-refractivity contribution in [1.82, 2.24) is 9.13 Å². The number of hydrogen-bond acceptors (Lipinski definition) is 0. The lowest BCUT2D eigenvalue weighted by Crippen LogP contribution is -1.97. The Morgan fingerprint density at radius 2 is 0.885 bits per heavy atom. The van der Waals surface area contributed by atoms with E-state index in [9.17, 15) is 0 Å². The Balaban J connectivity index is 1.23. The summed E-state index contributed by atoms with van der Waals surface area (Å²) in [7, 11) is 0. The van der Waals surface area contributed by atoms with Crippen molar-refractivity contribution < 1.29 is 0 Å². The van der Waals surface area contributed by atoms with Crippen LogP contribution < -0.4 is 0 Å². The summed E-state index contributed by atoms with van der Waals surface area (Å²) in [6.45, 7) is 0. The molecule has 2 heteroatoms. The summed E-state index contributed by atoms with van der Waals surface area (Å²) >= 11 is 0. The molecule has 2 heterocycles. The minimum atomic E-state index is 1.15. The first kappa shape index (κ1) is 28.9. The number of aromatic nitrogens is 2. The zero-order valence-corrected chi connectivity index (χ0v) is 28.4. The Morgan fingerprint density at radius 3 is 1.71 bits per heavy atom. The SMILES string of the molecule is c1ccc(-c2cccc(-n3c4ccccc4c4cc5ccccc5c(-c5ccc6c(c5)c5ccccc5n6-c5ccc6ccccc6c5)c43)c2)cc1. The molecule has 0 aliphatic heterocycles. The van der Waals surface area contributed by atoms with E-state index >= 15 is 0 Å². The Hall–Kier alpha value is -6.90. The number of benzene rings is 9. The first-order valence-corrected chi connectivity index (χ1v) is 17.9. The highest BCUT2D eigenvalue weighted by Gasteiger charge is 2.21. The molecule has 0 aliphatic rings. The fourth-order valence-electron chi connectivity index (χ4n) is 8.53. The Labute approximate surface area is 301 Å². The Bertz CT molecular complexity index is 3180. The van der Waals surface area contributed by atoms with Crippen molar-refractivity contribution in [3.63, 3.8) is 0 Å². The quantitative estimate of drug-likeness (QED) is 0.178. The molecule has 0 spiro atoms. The van der Waals surface area contributed by atoms with Gasteiger partial charge in [0, 0.05) is 38.5 Å². The highest BCUT2D eigenvalue weighted by Crippen LogP contribution is 2.44. The smallest absolute Gasteiger partial charge is 0.0625 e. The van der Waals surface area contributed by atoms with Crippen molar-refractivity contribution in [3.05, 3.63) is 194 Å². The van der Waals surface area contributed by atoms with E-state index < -0.39 is 0 Å². The zero-order valence-electron chi connectivity index (χ0n) is 28.4. The minimum Gasteiger partial charge on any atom is -0.309 e. The lowest BCUT2D eigenvalue weighted by molar-refractivity contribution is 1.18. The highest BCUT2D eigenvalue weighted by atomic mass is 15.0. The van der Waals surface area contributed by atoms with Crippen molar-refractivity contribution >= 4 is 65.2 Å². The molecular formula is C50H32N2. The second-order valence-electron chi connectivity index (χ2n) is 13.8. The van der Waals surface area contributed by atoms with Crippen LogP contribution in [0.2, 0.25) is 0 Å². The van der Waals surface area contributed by atoms with Crippen LogP contribution in [0.15, 0.2) is 194 Å². The van der Waals surface area contributed by atoms with E-state index in [-0.39, 0.29) is 0 Å². The summed E-state index contributed by atoms with van der Waals surface area (Å²) in [5, 5.41) is 9.98. The second-order valence-corrected chi connectivity index (χ2v) is 13.8. The fourth-order valence-corrected chi connectivity index (χ4v) is 8.53. The standard InChI is InChI=1S/C50H32N2/c1-2-13-33(14-3-1)36-18-12-19-39(29-36)52-47-24-11-9-22-43(47)45-31-37-17-6-7-20-41(37)49(50(45)52)38-26-28-48-44(32-38)42-21-8-10-23-46(42)51(48)40-27-25-34-15-4-5-16-35(34)30-40/h1-32H. The normalized spacial score (nSPS) is 11.8. The van der Waals surface area contributed by atoms with Gasteiger partial charge in [0.05, 0.1) is 22.1 Å². The van der Waals surface area contributed by atoms with E-state index in [2.05, 4.69) is 203 Å². The molecule has 0 atom stereocenters. The molecule has 0 saturated heterocycles. The predicted octanol–water partition coefficient (Wildman–Crippen LogP) is 13.5. The van der Waals surface area contributed by atoms with Crippen LogP contribution in [-0.2, 0) is 0 Å². The van der Waals surface area contributed by atoms with Crippen molar-refractivity contribution in [2.24, 2.45) is 0 Å². The molecule has 11 aromatic rings. The molecule has 11 rings (SSSR count). The largest absolute Gasteiger partial charge is 0.309 e. The van der Waals surface area contributed by atoms with Crippen LogP contribution in [0.25, 0.3) is 98.8 Å². The van der Waals surface area contributed by atoms with Gasteiger partial charge in [-0.25, -0.2) is 0 Å². The van der Waals surface area contributed by atoms with Gasteiger partial charge >= 0.3 is 0 Å². The molecule has 0 fully saturated rings. The molecule has 0 unspecified atom stereocenters. The molecule has 2 aromatic heterocycles. The molecule has 52 heavy (non-hydrogen) atoms. The topological polar surface area (TPSA) is 9.86 Å². The molecule has 0 bridgehead atoms. The average Bonchev–Trinajstić information content (AvgIpc) is 3.72. The van der Waals surface area contributed by atoms with E-state index in [1.165, 1.54) is 93.1 Å². The predicted molar refractivity (Wildman–Crippen MR) is 221 cm³/mol. The second kappa shape index (κ2) is 11.3. The number of para-hydroxylation sites is 2. The third kappa shape index (κ3) is 4.31. The number of fused-ring (bicyclic) bond motifs is 8. The molecule has 0 amide bonds. The lowest BCUT2D eigenvalue weighted by Gasteiger charge is -2.16. The van der Waals surface area contributed by atoms with E-state index in [0.717, 1.165) is 5.69 Å². The lowest BCUT2D eigenvalue weighted by atomic mass is 9.93. The van der Waals surface area contributed by atoms with Crippen LogP contribution >= 0.6 is 0 Å². The molecular weight excluding hydrogens is 629 g/mol. The molecule has 2 nitrogen and oxygen atoms in total. The molecule has 0 radical (unpaired) electrons. The van der Waals surface area contributed by atoms with Crippen LogP contribution in [-0.4, -0.2) is 9.13 Å². The summed E-state index contributed by atoms with van der Waals surface area (Å²) in [6.07, 6.45) is 0. The first-order chi connectivity index (χ1) is 25.8. The van der Waals surface area contributed by atoms with Gasteiger partial charge in [0.15, 0.2) is 0 Å². The van der Waals surface area contributed by atoms with Crippen molar-refractivity contribution in [2.45, 2.75) is 0 Å². The van der Waals surface area contributed by atoms with E-state index in [0.29, 0.717) is 0 Å². The molecule has 9 aromatic carbocycles. The van der Waals surface area contributed by atoms with Crippen LogP contribution in [0.4, 0.5) is 0 Å². The zero-order chi connectivity index (χ0) is 34.2. The molecule has 0 saturated carbocycles. The van der Waals surface area contributed by atoms with Gasteiger partial charge in [-0.05, 0) is 92.8 Å². The fraction of sp³-hybridized carbons (Fsp3) is 0. The summed E-state index contributed by atoms with van der Waals surface area (Å²) in [5.74, 6) is 0. The summed E-state index contributed by atoms with van der Waals surface area (Å²) in [5.41, 5.74) is 12.0. The van der Waals surface area contributed by atoms with Gasteiger partial charge in [0.1, 0.15) is 0 Å². The van der Waals surface area contributed by atoms with Gasteiger partial charge < -0.3 is 9.13 Å².